The molecule has 0 bridgehead atoms. The third kappa shape index (κ3) is 4.95. The fourth-order valence-corrected chi connectivity index (χ4v) is 5.20. The van der Waals surface area contributed by atoms with Gasteiger partial charge in [0.05, 0.1) is 18.9 Å². The van der Waals surface area contributed by atoms with E-state index in [2.05, 4.69) is 10.2 Å². The van der Waals surface area contributed by atoms with Gasteiger partial charge in [-0.05, 0) is 30.5 Å². The molecule has 1 aliphatic heterocycles. The maximum atomic E-state index is 13.6. The summed E-state index contributed by atoms with van der Waals surface area (Å²) in [6, 6.07) is 14.0. The van der Waals surface area contributed by atoms with Crippen molar-refractivity contribution in [3.63, 3.8) is 0 Å². The van der Waals surface area contributed by atoms with Gasteiger partial charge in [0.15, 0.2) is 0 Å². The van der Waals surface area contributed by atoms with Crippen molar-refractivity contribution in [2.75, 3.05) is 32.8 Å². The monoisotopic (exact) mass is 462 g/mol. The lowest BCUT2D eigenvalue weighted by atomic mass is 10.1. The van der Waals surface area contributed by atoms with Crippen LogP contribution in [0.4, 0.5) is 0 Å². The van der Waals surface area contributed by atoms with Crippen LogP contribution in [0, 0.1) is 0 Å². The number of morpholine rings is 1. The zero-order valence-corrected chi connectivity index (χ0v) is 19.7. The summed E-state index contributed by atoms with van der Waals surface area (Å²) in [4.78, 5) is 29.5. The topological polar surface area (TPSA) is 68.0 Å². The Balaban J connectivity index is 1.51. The largest absolute Gasteiger partial charge is 0.379 e. The van der Waals surface area contributed by atoms with Crippen LogP contribution in [-0.2, 0) is 11.3 Å². The summed E-state index contributed by atoms with van der Waals surface area (Å²) < 4.78 is 9.01. The first-order valence-electron chi connectivity index (χ1n) is 12.6. The number of carbonyl (C=O) groups is 1. The summed E-state index contributed by atoms with van der Waals surface area (Å²) in [6.07, 6.45) is 8.60. The van der Waals surface area contributed by atoms with Gasteiger partial charge in [-0.2, -0.15) is 0 Å². The molecule has 34 heavy (non-hydrogen) atoms. The Morgan fingerprint density at radius 3 is 2.41 bits per heavy atom. The van der Waals surface area contributed by atoms with Crippen molar-refractivity contribution in [2.45, 2.75) is 51.1 Å². The number of nitrogens with zero attached hydrogens (tertiary/aromatic N) is 3. The Bertz CT molecular complexity index is 1170. The van der Waals surface area contributed by atoms with Crippen molar-refractivity contribution in [3.05, 3.63) is 64.7 Å². The van der Waals surface area contributed by atoms with Crippen molar-refractivity contribution in [3.8, 4) is 11.3 Å². The van der Waals surface area contributed by atoms with E-state index in [9.17, 15) is 9.59 Å². The third-order valence-corrected chi connectivity index (χ3v) is 7.16. The Hall–Kier alpha value is -2.90. The van der Waals surface area contributed by atoms with Crippen LogP contribution in [0.5, 0.6) is 0 Å². The molecule has 2 aromatic heterocycles. The molecule has 1 saturated carbocycles. The van der Waals surface area contributed by atoms with Gasteiger partial charge in [0.1, 0.15) is 11.2 Å². The molecule has 0 unspecified atom stereocenters. The van der Waals surface area contributed by atoms with E-state index < -0.39 is 0 Å². The standard InChI is InChI=1S/C27H34N4O3/c32-26(28-22-10-6-1-2-7-11-22)25-20-31-23(21-8-4-3-5-9-21)12-13-24(31)27(33)30(25)15-14-29-16-18-34-19-17-29/h3-5,8-9,12-13,20,22H,1-2,6-7,10-11,14-19H2,(H,28,32). The van der Waals surface area contributed by atoms with E-state index in [-0.39, 0.29) is 17.5 Å². The minimum atomic E-state index is -0.152. The van der Waals surface area contributed by atoms with Gasteiger partial charge in [-0.1, -0.05) is 56.0 Å². The van der Waals surface area contributed by atoms with Gasteiger partial charge in [0, 0.05) is 38.4 Å². The van der Waals surface area contributed by atoms with Gasteiger partial charge in [-0.15, -0.1) is 0 Å². The molecule has 1 N–H and O–H groups in total. The highest BCUT2D eigenvalue weighted by molar-refractivity contribution is 5.93. The number of carbonyl (C=O) groups excluding carboxylic acids is 1. The van der Waals surface area contributed by atoms with E-state index in [0.29, 0.717) is 31.0 Å². The number of amides is 1. The molecule has 180 valence electrons. The number of fused-ring (bicyclic) bond motifs is 1. The highest BCUT2D eigenvalue weighted by atomic mass is 16.5. The molecule has 3 heterocycles. The maximum absolute atomic E-state index is 13.6. The SMILES string of the molecule is O=C(NC1CCCCCC1)c1cn2c(-c3ccccc3)ccc2c(=O)n1CCN1CCOCC1. The highest BCUT2D eigenvalue weighted by Crippen LogP contribution is 2.22. The minimum absolute atomic E-state index is 0.121. The lowest BCUT2D eigenvalue weighted by Crippen LogP contribution is -2.42. The van der Waals surface area contributed by atoms with E-state index in [0.717, 1.165) is 56.6 Å². The number of hydrogen-bond acceptors (Lipinski definition) is 4. The fraction of sp³-hybridized carbons (Fsp3) is 0.481. The zero-order chi connectivity index (χ0) is 23.3. The van der Waals surface area contributed by atoms with Gasteiger partial charge in [0.2, 0.25) is 0 Å². The van der Waals surface area contributed by atoms with Crippen LogP contribution >= 0.6 is 0 Å². The molecule has 5 rings (SSSR count). The minimum Gasteiger partial charge on any atom is -0.379 e. The predicted octanol–water partition coefficient (Wildman–Crippen LogP) is 3.55. The van der Waals surface area contributed by atoms with Crippen molar-refractivity contribution >= 4 is 11.4 Å². The molecule has 0 atom stereocenters. The van der Waals surface area contributed by atoms with E-state index in [1.165, 1.54) is 12.8 Å². The number of ether oxygens (including phenoxy) is 1. The molecule has 0 radical (unpaired) electrons. The summed E-state index contributed by atoms with van der Waals surface area (Å²) in [5.41, 5.74) is 2.83. The van der Waals surface area contributed by atoms with Crippen LogP contribution in [0.15, 0.2) is 53.5 Å². The van der Waals surface area contributed by atoms with E-state index in [1.54, 1.807) is 4.57 Å². The van der Waals surface area contributed by atoms with E-state index >= 15 is 0 Å². The molecular weight excluding hydrogens is 428 g/mol. The molecule has 7 heteroatoms. The Morgan fingerprint density at radius 1 is 0.941 bits per heavy atom. The van der Waals surface area contributed by atoms with Crippen LogP contribution in [0.25, 0.3) is 16.8 Å². The molecule has 1 aromatic carbocycles. The molecule has 1 aliphatic carbocycles. The Morgan fingerprint density at radius 2 is 1.68 bits per heavy atom. The Kier molecular flexibility index (Phi) is 7.11. The van der Waals surface area contributed by atoms with Gasteiger partial charge in [-0.3, -0.25) is 19.1 Å². The first-order chi connectivity index (χ1) is 16.7. The molecular formula is C27H34N4O3. The summed E-state index contributed by atoms with van der Waals surface area (Å²) in [6.45, 7) is 4.32. The van der Waals surface area contributed by atoms with Crippen LogP contribution in [-0.4, -0.2) is 58.7 Å². The zero-order valence-electron chi connectivity index (χ0n) is 19.7. The van der Waals surface area contributed by atoms with Crippen molar-refractivity contribution < 1.29 is 9.53 Å². The molecule has 0 spiro atoms. The van der Waals surface area contributed by atoms with Gasteiger partial charge >= 0.3 is 0 Å². The second-order valence-corrected chi connectivity index (χ2v) is 9.43. The molecule has 3 aromatic rings. The molecule has 2 aliphatic rings. The molecule has 1 amide bonds. The van der Waals surface area contributed by atoms with E-state index in [1.807, 2.05) is 53.1 Å². The highest BCUT2D eigenvalue weighted by Gasteiger charge is 2.22. The van der Waals surface area contributed by atoms with Crippen molar-refractivity contribution in [2.24, 2.45) is 0 Å². The average Bonchev–Trinajstić information content (AvgIpc) is 3.14. The van der Waals surface area contributed by atoms with E-state index in [4.69, 9.17) is 4.74 Å². The maximum Gasteiger partial charge on any atom is 0.275 e. The van der Waals surface area contributed by atoms with Crippen LogP contribution in [0.2, 0.25) is 0 Å². The van der Waals surface area contributed by atoms with Crippen LogP contribution < -0.4 is 10.9 Å². The molecule has 7 nitrogen and oxygen atoms in total. The number of benzene rings is 1. The summed E-state index contributed by atoms with van der Waals surface area (Å²) in [5, 5.41) is 3.25. The van der Waals surface area contributed by atoms with Crippen molar-refractivity contribution in [1.82, 2.24) is 19.2 Å². The fourth-order valence-electron chi connectivity index (χ4n) is 5.20. The number of aromatic nitrogens is 2. The second kappa shape index (κ2) is 10.6. The lowest BCUT2D eigenvalue weighted by Gasteiger charge is -2.27. The summed E-state index contributed by atoms with van der Waals surface area (Å²) in [7, 11) is 0. The van der Waals surface area contributed by atoms with Crippen LogP contribution in [0.3, 0.4) is 0 Å². The Labute approximate surface area is 200 Å². The van der Waals surface area contributed by atoms with Gasteiger partial charge in [-0.25, -0.2) is 0 Å². The van der Waals surface area contributed by atoms with Gasteiger partial charge < -0.3 is 14.5 Å². The lowest BCUT2D eigenvalue weighted by molar-refractivity contribution is 0.0361. The first-order valence-corrected chi connectivity index (χ1v) is 12.6. The molecule has 1 saturated heterocycles. The summed E-state index contributed by atoms with van der Waals surface area (Å²) >= 11 is 0. The normalized spacial score (nSPS) is 18.1. The van der Waals surface area contributed by atoms with Gasteiger partial charge in [0.25, 0.3) is 11.5 Å². The molecule has 2 fully saturated rings. The second-order valence-electron chi connectivity index (χ2n) is 9.43. The number of rotatable bonds is 6. The summed E-state index contributed by atoms with van der Waals surface area (Å²) in [5.74, 6) is -0.152. The predicted molar refractivity (Wildman–Crippen MR) is 133 cm³/mol. The quantitative estimate of drug-likeness (QED) is 0.569. The van der Waals surface area contributed by atoms with Crippen molar-refractivity contribution in [1.29, 1.82) is 0 Å². The number of hydrogen-bond donors (Lipinski definition) is 1. The smallest absolute Gasteiger partial charge is 0.275 e. The van der Waals surface area contributed by atoms with Crippen LogP contribution in [0.1, 0.15) is 49.0 Å². The number of nitrogens with one attached hydrogen (secondary N) is 1. The average molecular weight is 463 g/mol. The first kappa shape index (κ1) is 22.9. The third-order valence-electron chi connectivity index (χ3n) is 7.16.